The molecule has 0 aliphatic heterocycles. The van der Waals surface area contributed by atoms with Crippen LogP contribution in [0.5, 0.6) is 0 Å². The van der Waals surface area contributed by atoms with Gasteiger partial charge in [-0.25, -0.2) is 0 Å². The van der Waals surface area contributed by atoms with E-state index in [1.165, 1.54) is 6.92 Å². The lowest BCUT2D eigenvalue weighted by molar-refractivity contribution is -0.143. The van der Waals surface area contributed by atoms with Crippen molar-refractivity contribution in [2.45, 2.75) is 39.2 Å². The molecule has 0 saturated carbocycles. The highest BCUT2D eigenvalue weighted by atomic mass is 16.5. The summed E-state index contributed by atoms with van der Waals surface area (Å²) >= 11 is 0. The van der Waals surface area contributed by atoms with Gasteiger partial charge in [-0.3, -0.25) is 4.79 Å². The van der Waals surface area contributed by atoms with Crippen LogP contribution in [0.15, 0.2) is 37.0 Å². The number of hydrogen-bond donors (Lipinski definition) is 0. The van der Waals surface area contributed by atoms with E-state index in [0.717, 1.165) is 12.8 Å². The summed E-state index contributed by atoms with van der Waals surface area (Å²) in [6, 6.07) is 0. The second-order valence-corrected chi connectivity index (χ2v) is 3.21. The van der Waals surface area contributed by atoms with Crippen LogP contribution in [0.25, 0.3) is 0 Å². The summed E-state index contributed by atoms with van der Waals surface area (Å²) in [6.45, 7) is 7.13. The molecule has 0 bridgehead atoms. The Morgan fingerprint density at radius 2 is 2.00 bits per heavy atom. The van der Waals surface area contributed by atoms with Gasteiger partial charge in [0, 0.05) is 13.3 Å². The maximum absolute atomic E-state index is 10.7. The number of carbonyl (C=O) groups is 1. The van der Waals surface area contributed by atoms with Crippen LogP contribution in [0, 0.1) is 0 Å². The minimum atomic E-state index is -0.265. The van der Waals surface area contributed by atoms with Gasteiger partial charge < -0.3 is 4.74 Å². The summed E-state index contributed by atoms with van der Waals surface area (Å²) in [5.41, 5.74) is 0. The molecule has 0 rings (SSSR count). The molecule has 0 fully saturated rings. The molecule has 0 heterocycles. The molecule has 0 N–H and O–H groups in total. The van der Waals surface area contributed by atoms with E-state index >= 15 is 0 Å². The van der Waals surface area contributed by atoms with Gasteiger partial charge in [-0.2, -0.15) is 0 Å². The molecule has 84 valence electrons. The molecule has 1 unspecified atom stereocenters. The first kappa shape index (κ1) is 13.7. The topological polar surface area (TPSA) is 26.3 Å². The molecular weight excluding hydrogens is 188 g/mol. The van der Waals surface area contributed by atoms with Crippen LogP contribution in [0.3, 0.4) is 0 Å². The van der Waals surface area contributed by atoms with Crippen molar-refractivity contribution in [2.75, 3.05) is 0 Å². The van der Waals surface area contributed by atoms with Crippen molar-refractivity contribution in [3.8, 4) is 0 Å². The van der Waals surface area contributed by atoms with Crippen molar-refractivity contribution in [1.82, 2.24) is 0 Å². The summed E-state index contributed by atoms with van der Waals surface area (Å²) < 4.78 is 5.00. The van der Waals surface area contributed by atoms with Gasteiger partial charge in [-0.15, -0.1) is 0 Å². The number of allylic oxidation sites excluding steroid dienone is 3. The first-order valence-electron chi connectivity index (χ1n) is 5.30. The van der Waals surface area contributed by atoms with E-state index in [4.69, 9.17) is 4.74 Å². The predicted octanol–water partition coefficient (Wildman–Crippen LogP) is 3.41. The molecule has 0 amide bonds. The van der Waals surface area contributed by atoms with Gasteiger partial charge in [0.15, 0.2) is 0 Å². The summed E-state index contributed by atoms with van der Waals surface area (Å²) in [5.74, 6) is -0.265. The van der Waals surface area contributed by atoms with Crippen LogP contribution >= 0.6 is 0 Å². The third-order valence-electron chi connectivity index (χ3n) is 1.79. The van der Waals surface area contributed by atoms with Gasteiger partial charge in [-0.1, -0.05) is 43.9 Å². The lowest BCUT2D eigenvalue weighted by Crippen LogP contribution is -2.12. The van der Waals surface area contributed by atoms with Crippen LogP contribution < -0.4 is 0 Å². The molecular formula is C13H20O2. The normalized spacial score (nSPS) is 13.2. The molecule has 0 aromatic heterocycles. The Hall–Kier alpha value is -1.31. The molecule has 0 aliphatic carbocycles. The molecule has 0 saturated heterocycles. The third kappa shape index (κ3) is 9.01. The van der Waals surface area contributed by atoms with Gasteiger partial charge >= 0.3 is 5.97 Å². The Labute approximate surface area is 92.3 Å². The highest BCUT2D eigenvalue weighted by Crippen LogP contribution is 2.02. The lowest BCUT2D eigenvalue weighted by atomic mass is 10.2. The summed E-state index contributed by atoms with van der Waals surface area (Å²) in [6.07, 6.45) is 12.5. The zero-order valence-corrected chi connectivity index (χ0v) is 9.61. The molecule has 0 aromatic carbocycles. The molecule has 0 spiro atoms. The second kappa shape index (κ2) is 9.25. The summed E-state index contributed by atoms with van der Waals surface area (Å²) in [4.78, 5) is 10.7. The standard InChI is InChI=1S/C13H20O2/c1-4-6-7-8-9-10-11-13(5-2)15-12(3)14/h5-7,9-10,13H,2,4,8,11H2,1,3H3/b7-6+,10-9+. The Bertz CT molecular complexity index is 239. The highest BCUT2D eigenvalue weighted by molar-refractivity contribution is 5.66. The number of ether oxygens (including phenoxy) is 1. The van der Waals surface area contributed by atoms with E-state index in [9.17, 15) is 4.79 Å². The van der Waals surface area contributed by atoms with Gasteiger partial charge in [0.1, 0.15) is 6.10 Å². The molecule has 0 radical (unpaired) electrons. The zero-order valence-electron chi connectivity index (χ0n) is 9.61. The Balaban J connectivity index is 3.74. The summed E-state index contributed by atoms with van der Waals surface area (Å²) in [5, 5.41) is 0. The van der Waals surface area contributed by atoms with Crippen molar-refractivity contribution in [3.05, 3.63) is 37.0 Å². The molecule has 0 aromatic rings. The van der Waals surface area contributed by atoms with Gasteiger partial charge in [0.2, 0.25) is 0 Å². The van der Waals surface area contributed by atoms with Crippen LogP contribution in [-0.2, 0) is 9.53 Å². The van der Waals surface area contributed by atoms with Crippen molar-refractivity contribution in [3.63, 3.8) is 0 Å². The minimum absolute atomic E-state index is 0.200. The molecule has 2 heteroatoms. The average Bonchev–Trinajstić information content (AvgIpc) is 2.20. The largest absolute Gasteiger partial charge is 0.458 e. The molecule has 15 heavy (non-hydrogen) atoms. The first-order valence-corrected chi connectivity index (χ1v) is 5.30. The average molecular weight is 208 g/mol. The van der Waals surface area contributed by atoms with Crippen molar-refractivity contribution >= 4 is 5.97 Å². The zero-order chi connectivity index (χ0) is 11.5. The Morgan fingerprint density at radius 1 is 1.33 bits per heavy atom. The maximum Gasteiger partial charge on any atom is 0.303 e. The molecule has 2 nitrogen and oxygen atoms in total. The van der Waals surface area contributed by atoms with Crippen LogP contribution in [-0.4, -0.2) is 12.1 Å². The van der Waals surface area contributed by atoms with Gasteiger partial charge in [0.05, 0.1) is 0 Å². The SMILES string of the molecule is C=CC(C/C=C/C/C=C/CC)OC(C)=O. The number of carbonyl (C=O) groups excluding carboxylic acids is 1. The fourth-order valence-corrected chi connectivity index (χ4v) is 1.07. The third-order valence-corrected chi connectivity index (χ3v) is 1.79. The van der Waals surface area contributed by atoms with E-state index in [0.29, 0.717) is 6.42 Å². The fraction of sp³-hybridized carbons (Fsp3) is 0.462. The quantitative estimate of drug-likeness (QED) is 0.473. The second-order valence-electron chi connectivity index (χ2n) is 3.21. The lowest BCUT2D eigenvalue weighted by Gasteiger charge is -2.09. The molecule has 1 atom stereocenters. The van der Waals surface area contributed by atoms with Crippen molar-refractivity contribution in [2.24, 2.45) is 0 Å². The van der Waals surface area contributed by atoms with Crippen molar-refractivity contribution in [1.29, 1.82) is 0 Å². The number of rotatable bonds is 7. The number of hydrogen-bond acceptors (Lipinski definition) is 2. The van der Waals surface area contributed by atoms with E-state index in [1.807, 2.05) is 6.08 Å². The van der Waals surface area contributed by atoms with Gasteiger partial charge in [-0.05, 0) is 12.8 Å². The fourth-order valence-electron chi connectivity index (χ4n) is 1.07. The van der Waals surface area contributed by atoms with Crippen molar-refractivity contribution < 1.29 is 9.53 Å². The number of esters is 1. The first-order chi connectivity index (χ1) is 7.20. The van der Waals surface area contributed by atoms with E-state index in [2.05, 4.69) is 31.7 Å². The van der Waals surface area contributed by atoms with E-state index < -0.39 is 0 Å². The van der Waals surface area contributed by atoms with Gasteiger partial charge in [0.25, 0.3) is 0 Å². The summed E-state index contributed by atoms with van der Waals surface area (Å²) in [7, 11) is 0. The Morgan fingerprint density at radius 3 is 2.53 bits per heavy atom. The monoisotopic (exact) mass is 208 g/mol. The minimum Gasteiger partial charge on any atom is -0.458 e. The van der Waals surface area contributed by atoms with Crippen LogP contribution in [0.2, 0.25) is 0 Å². The highest BCUT2D eigenvalue weighted by Gasteiger charge is 2.03. The predicted molar refractivity (Wildman–Crippen MR) is 63.6 cm³/mol. The van der Waals surface area contributed by atoms with E-state index in [1.54, 1.807) is 6.08 Å². The van der Waals surface area contributed by atoms with Crippen LogP contribution in [0.1, 0.15) is 33.1 Å². The molecule has 0 aliphatic rings. The maximum atomic E-state index is 10.7. The van der Waals surface area contributed by atoms with Crippen LogP contribution in [0.4, 0.5) is 0 Å². The van der Waals surface area contributed by atoms with E-state index in [-0.39, 0.29) is 12.1 Å². The Kier molecular flexibility index (Phi) is 8.44. The smallest absolute Gasteiger partial charge is 0.303 e.